The molecule has 1 aromatic heterocycles. The van der Waals surface area contributed by atoms with E-state index in [1.165, 1.54) is 0 Å². The van der Waals surface area contributed by atoms with Crippen LogP contribution in [0.1, 0.15) is 5.56 Å². The van der Waals surface area contributed by atoms with Crippen molar-refractivity contribution in [3.8, 4) is 22.8 Å². The van der Waals surface area contributed by atoms with Crippen LogP contribution in [0.3, 0.4) is 0 Å². The third-order valence-corrected chi connectivity index (χ3v) is 2.81. The molecule has 0 unspecified atom stereocenters. The molecular weight excluding hydrogens is 230 g/mol. The van der Waals surface area contributed by atoms with Crippen LogP contribution in [0.15, 0.2) is 18.3 Å². The maximum atomic E-state index is 5.42. The van der Waals surface area contributed by atoms with Crippen molar-refractivity contribution in [2.24, 2.45) is 0 Å². The Morgan fingerprint density at radius 3 is 2.56 bits per heavy atom. The van der Waals surface area contributed by atoms with Gasteiger partial charge in [-0.2, -0.15) is 0 Å². The highest BCUT2D eigenvalue weighted by Gasteiger charge is 2.13. The first-order valence-electron chi connectivity index (χ1n) is 5.65. The highest BCUT2D eigenvalue weighted by atomic mass is 16.5. The summed E-state index contributed by atoms with van der Waals surface area (Å²) in [5.41, 5.74) is 2.97. The molecule has 5 nitrogen and oxygen atoms in total. The molecule has 0 saturated heterocycles. The van der Waals surface area contributed by atoms with E-state index >= 15 is 0 Å². The van der Waals surface area contributed by atoms with Crippen LogP contribution in [-0.4, -0.2) is 31.2 Å². The number of nitrogens with zero attached hydrogens (tertiary/aromatic N) is 1. The molecule has 0 aliphatic heterocycles. The summed E-state index contributed by atoms with van der Waals surface area (Å²) in [7, 11) is 5.11. The van der Waals surface area contributed by atoms with Crippen molar-refractivity contribution in [1.29, 1.82) is 0 Å². The van der Waals surface area contributed by atoms with Crippen molar-refractivity contribution in [3.63, 3.8) is 0 Å². The van der Waals surface area contributed by atoms with E-state index in [0.29, 0.717) is 0 Å². The second-order valence-corrected chi connectivity index (χ2v) is 3.92. The van der Waals surface area contributed by atoms with Crippen molar-refractivity contribution < 1.29 is 9.47 Å². The smallest absolute Gasteiger partial charge is 0.200 e. The quantitative estimate of drug-likeness (QED) is 0.871. The molecule has 2 rings (SSSR count). The Bertz CT molecular complexity index is 549. The van der Waals surface area contributed by atoms with Gasteiger partial charge in [0.2, 0.25) is 0 Å². The second kappa shape index (κ2) is 5.00. The average Bonchev–Trinajstić information content (AvgIpc) is 2.85. The van der Waals surface area contributed by atoms with E-state index < -0.39 is 0 Å². The van der Waals surface area contributed by atoms with Crippen LogP contribution in [-0.2, 0) is 0 Å². The Labute approximate surface area is 106 Å². The van der Waals surface area contributed by atoms with Crippen molar-refractivity contribution in [2.75, 3.05) is 26.6 Å². The summed E-state index contributed by atoms with van der Waals surface area (Å²) in [5.74, 6) is 2.27. The van der Waals surface area contributed by atoms with Gasteiger partial charge >= 0.3 is 0 Å². The van der Waals surface area contributed by atoms with Gasteiger partial charge in [-0.1, -0.05) is 0 Å². The largest absolute Gasteiger partial charge is 0.497 e. The number of H-pyrrole nitrogens is 1. The number of ether oxygens (including phenoxy) is 2. The average molecular weight is 247 g/mol. The number of benzene rings is 1. The van der Waals surface area contributed by atoms with Crippen LogP contribution in [0.4, 0.5) is 5.95 Å². The Morgan fingerprint density at radius 1 is 1.22 bits per heavy atom. The van der Waals surface area contributed by atoms with Gasteiger partial charge < -0.3 is 19.8 Å². The summed E-state index contributed by atoms with van der Waals surface area (Å²) < 4.78 is 10.7. The van der Waals surface area contributed by atoms with Crippen molar-refractivity contribution in [1.82, 2.24) is 9.97 Å². The summed E-state index contributed by atoms with van der Waals surface area (Å²) in [5, 5.41) is 2.96. The molecule has 2 aromatic rings. The van der Waals surface area contributed by atoms with Gasteiger partial charge in [-0.3, -0.25) is 0 Å². The van der Waals surface area contributed by atoms with Crippen LogP contribution in [0.25, 0.3) is 11.3 Å². The molecule has 18 heavy (non-hydrogen) atoms. The first-order chi connectivity index (χ1) is 8.69. The van der Waals surface area contributed by atoms with Gasteiger partial charge in [0.25, 0.3) is 0 Å². The summed E-state index contributed by atoms with van der Waals surface area (Å²) in [6.45, 7) is 2.01. The predicted molar refractivity (Wildman–Crippen MR) is 71.4 cm³/mol. The van der Waals surface area contributed by atoms with Gasteiger partial charge in [0.05, 0.1) is 26.1 Å². The second-order valence-electron chi connectivity index (χ2n) is 3.92. The molecule has 0 atom stereocenters. The third kappa shape index (κ3) is 2.11. The first-order valence-corrected chi connectivity index (χ1v) is 5.65. The fourth-order valence-corrected chi connectivity index (χ4v) is 1.92. The number of anilines is 1. The monoisotopic (exact) mass is 247 g/mol. The summed E-state index contributed by atoms with van der Waals surface area (Å²) >= 11 is 0. The Morgan fingerprint density at radius 2 is 2.00 bits per heavy atom. The van der Waals surface area contributed by atoms with Gasteiger partial charge in [0.15, 0.2) is 5.95 Å². The molecule has 0 aliphatic rings. The lowest BCUT2D eigenvalue weighted by atomic mass is 10.0. The number of hydrogen-bond acceptors (Lipinski definition) is 4. The molecule has 2 N–H and O–H groups in total. The first kappa shape index (κ1) is 12.3. The zero-order valence-corrected chi connectivity index (χ0v) is 11.0. The molecule has 0 bridgehead atoms. The van der Waals surface area contributed by atoms with Crippen molar-refractivity contribution >= 4 is 5.95 Å². The van der Waals surface area contributed by atoms with Gasteiger partial charge in [-0.15, -0.1) is 0 Å². The minimum atomic E-state index is 0.724. The fraction of sp³-hybridized carbons (Fsp3) is 0.308. The van der Waals surface area contributed by atoms with E-state index in [9.17, 15) is 0 Å². The standard InChI is InChI=1S/C13H17N3O2/c1-8-5-9(17-3)6-11(18-4)12(8)10-7-15-13(14-2)16-10/h5-7H,1-4H3,(H2,14,15,16). The predicted octanol–water partition coefficient (Wildman–Crippen LogP) is 2.44. The van der Waals surface area contributed by atoms with Gasteiger partial charge in [0, 0.05) is 18.7 Å². The Kier molecular flexibility index (Phi) is 3.41. The number of aromatic amines is 1. The molecule has 96 valence electrons. The number of aryl methyl sites for hydroxylation is 1. The van der Waals surface area contributed by atoms with Crippen molar-refractivity contribution in [2.45, 2.75) is 6.92 Å². The minimum Gasteiger partial charge on any atom is -0.497 e. The third-order valence-electron chi connectivity index (χ3n) is 2.81. The summed E-state index contributed by atoms with van der Waals surface area (Å²) in [6, 6.07) is 3.83. The maximum Gasteiger partial charge on any atom is 0.200 e. The fourth-order valence-electron chi connectivity index (χ4n) is 1.92. The Balaban J connectivity index is 2.55. The van der Waals surface area contributed by atoms with Crippen LogP contribution >= 0.6 is 0 Å². The van der Waals surface area contributed by atoms with E-state index in [4.69, 9.17) is 9.47 Å². The van der Waals surface area contributed by atoms with Gasteiger partial charge in [-0.25, -0.2) is 4.98 Å². The SMILES string of the molecule is CNc1ncc(-c2c(C)cc(OC)cc2OC)[nH]1. The zero-order chi connectivity index (χ0) is 13.1. The molecule has 0 fully saturated rings. The van der Waals surface area contributed by atoms with Crippen LogP contribution in [0.5, 0.6) is 11.5 Å². The molecule has 0 aliphatic carbocycles. The molecule has 0 spiro atoms. The Hall–Kier alpha value is -2.17. The molecule has 0 amide bonds. The number of methoxy groups -OCH3 is 2. The summed E-state index contributed by atoms with van der Waals surface area (Å²) in [4.78, 5) is 7.41. The van der Waals surface area contributed by atoms with Crippen LogP contribution in [0.2, 0.25) is 0 Å². The van der Waals surface area contributed by atoms with Crippen molar-refractivity contribution in [3.05, 3.63) is 23.9 Å². The van der Waals surface area contributed by atoms with Gasteiger partial charge in [-0.05, 0) is 18.6 Å². The number of imidazole rings is 1. The lowest BCUT2D eigenvalue weighted by molar-refractivity contribution is 0.395. The zero-order valence-electron chi connectivity index (χ0n) is 11.0. The normalized spacial score (nSPS) is 10.2. The number of hydrogen-bond donors (Lipinski definition) is 2. The van der Waals surface area contributed by atoms with E-state index in [0.717, 1.165) is 34.3 Å². The van der Waals surface area contributed by atoms with Crippen LogP contribution in [0, 0.1) is 6.92 Å². The van der Waals surface area contributed by atoms with E-state index in [1.54, 1.807) is 20.4 Å². The topological polar surface area (TPSA) is 59.2 Å². The molecule has 1 aromatic carbocycles. The van der Waals surface area contributed by atoms with Crippen LogP contribution < -0.4 is 14.8 Å². The minimum absolute atomic E-state index is 0.724. The lowest BCUT2D eigenvalue weighted by Gasteiger charge is -2.12. The maximum absolute atomic E-state index is 5.42. The lowest BCUT2D eigenvalue weighted by Crippen LogP contribution is -1.94. The molecule has 1 heterocycles. The highest BCUT2D eigenvalue weighted by molar-refractivity contribution is 5.73. The van der Waals surface area contributed by atoms with E-state index in [1.807, 2.05) is 26.1 Å². The number of rotatable bonds is 4. The van der Waals surface area contributed by atoms with E-state index in [-0.39, 0.29) is 0 Å². The molecule has 0 saturated carbocycles. The highest BCUT2D eigenvalue weighted by Crippen LogP contribution is 2.36. The molecule has 0 radical (unpaired) electrons. The molecular formula is C13H17N3O2. The number of aromatic nitrogens is 2. The molecule has 5 heteroatoms. The summed E-state index contributed by atoms with van der Waals surface area (Å²) in [6.07, 6.45) is 1.78. The van der Waals surface area contributed by atoms with Gasteiger partial charge in [0.1, 0.15) is 11.5 Å². The number of nitrogens with one attached hydrogen (secondary N) is 2. The van der Waals surface area contributed by atoms with E-state index in [2.05, 4.69) is 15.3 Å².